The molecule has 0 saturated carbocycles. The number of nitrogen functional groups attached to an aromatic ring is 1. The fourth-order valence-electron chi connectivity index (χ4n) is 1.73. The van der Waals surface area contributed by atoms with Crippen LogP contribution in [0.15, 0.2) is 34.0 Å². The Hall–Kier alpha value is -2.35. The van der Waals surface area contributed by atoms with Crippen LogP contribution >= 0.6 is 0 Å². The van der Waals surface area contributed by atoms with Crippen molar-refractivity contribution in [3.63, 3.8) is 0 Å². The highest BCUT2D eigenvalue weighted by atomic mass is 32.2. The van der Waals surface area contributed by atoms with Crippen molar-refractivity contribution in [2.24, 2.45) is 0 Å². The van der Waals surface area contributed by atoms with E-state index in [1.807, 2.05) is 0 Å². The van der Waals surface area contributed by atoms with Crippen LogP contribution in [0.1, 0.15) is 11.1 Å². The number of nitrogens with one attached hydrogen (secondary N) is 2. The molecular weight excluding hydrogens is 280 g/mol. The average Bonchev–Trinajstić information content (AvgIpc) is 2.36. The smallest absolute Gasteiger partial charge is 0.264 e. The number of nitrogens with two attached hydrogens (primary N) is 1. The summed E-state index contributed by atoms with van der Waals surface area (Å²) in [5.41, 5.74) is 6.97. The van der Waals surface area contributed by atoms with Gasteiger partial charge in [-0.1, -0.05) is 0 Å². The average molecular weight is 294 g/mol. The lowest BCUT2D eigenvalue weighted by Gasteiger charge is -2.12. The van der Waals surface area contributed by atoms with Gasteiger partial charge in [0.15, 0.2) is 5.82 Å². The second kappa shape index (κ2) is 4.97. The molecule has 2 rings (SSSR count). The minimum absolute atomic E-state index is 0.0316. The van der Waals surface area contributed by atoms with Crippen molar-refractivity contribution in [2.75, 3.05) is 10.5 Å². The third kappa shape index (κ3) is 2.80. The van der Waals surface area contributed by atoms with Gasteiger partial charge >= 0.3 is 0 Å². The number of aryl methyl sites for hydroxylation is 1. The third-order valence-corrected chi connectivity index (χ3v) is 4.23. The van der Waals surface area contributed by atoms with Crippen molar-refractivity contribution < 1.29 is 8.42 Å². The zero-order valence-electron chi connectivity index (χ0n) is 11.0. The van der Waals surface area contributed by atoms with Crippen LogP contribution in [0.3, 0.4) is 0 Å². The number of aromatic nitrogens is 2. The molecule has 0 amide bonds. The Bertz CT molecular complexity index is 791. The fourth-order valence-corrected chi connectivity index (χ4v) is 3.09. The van der Waals surface area contributed by atoms with E-state index in [4.69, 9.17) is 5.73 Å². The first-order valence-corrected chi connectivity index (χ1v) is 7.23. The second-order valence-electron chi connectivity index (χ2n) is 4.39. The molecule has 0 unspecified atom stereocenters. The Morgan fingerprint density at radius 2 is 1.95 bits per heavy atom. The van der Waals surface area contributed by atoms with E-state index in [2.05, 4.69) is 14.9 Å². The van der Waals surface area contributed by atoms with Gasteiger partial charge in [0, 0.05) is 11.8 Å². The van der Waals surface area contributed by atoms with Gasteiger partial charge < -0.3 is 5.73 Å². The second-order valence-corrected chi connectivity index (χ2v) is 6.04. The first-order valence-electron chi connectivity index (χ1n) is 5.75. The number of sulfonamides is 1. The van der Waals surface area contributed by atoms with Crippen molar-refractivity contribution in [1.82, 2.24) is 10.2 Å². The highest BCUT2D eigenvalue weighted by Crippen LogP contribution is 2.24. The number of aromatic amines is 1. The van der Waals surface area contributed by atoms with Gasteiger partial charge in [-0.3, -0.25) is 9.52 Å². The molecule has 0 atom stereocenters. The van der Waals surface area contributed by atoms with E-state index in [0.29, 0.717) is 11.3 Å². The Labute approximate surface area is 115 Å². The van der Waals surface area contributed by atoms with Crippen molar-refractivity contribution in [3.8, 4) is 0 Å². The highest BCUT2D eigenvalue weighted by Gasteiger charge is 2.19. The molecule has 0 aliphatic rings. The molecule has 8 heteroatoms. The molecule has 1 aromatic heterocycles. The first kappa shape index (κ1) is 14.1. The number of nitrogens with zero attached hydrogens (tertiary/aromatic N) is 1. The van der Waals surface area contributed by atoms with E-state index in [1.165, 1.54) is 18.2 Å². The summed E-state index contributed by atoms with van der Waals surface area (Å²) >= 11 is 0. The molecule has 1 aromatic carbocycles. The number of hydrogen-bond donors (Lipinski definition) is 3. The minimum Gasteiger partial charge on any atom is -0.398 e. The Morgan fingerprint density at radius 3 is 2.55 bits per heavy atom. The number of benzene rings is 1. The molecular formula is C12H14N4O3S. The molecule has 20 heavy (non-hydrogen) atoms. The van der Waals surface area contributed by atoms with Crippen LogP contribution < -0.4 is 16.0 Å². The molecule has 4 N–H and O–H groups in total. The lowest BCUT2D eigenvalue weighted by atomic mass is 10.1. The van der Waals surface area contributed by atoms with E-state index in [9.17, 15) is 13.2 Å². The van der Waals surface area contributed by atoms with Gasteiger partial charge in [-0.15, -0.1) is 0 Å². The topological polar surface area (TPSA) is 118 Å². The van der Waals surface area contributed by atoms with Crippen LogP contribution in [0.5, 0.6) is 0 Å². The summed E-state index contributed by atoms with van der Waals surface area (Å²) in [5.74, 6) is 0.0316. The van der Waals surface area contributed by atoms with Crippen molar-refractivity contribution in [1.29, 1.82) is 0 Å². The molecule has 0 spiro atoms. The molecule has 0 bridgehead atoms. The number of anilines is 2. The normalized spacial score (nSPS) is 11.3. The molecule has 0 aliphatic heterocycles. The Balaban J connectivity index is 2.45. The van der Waals surface area contributed by atoms with Gasteiger partial charge in [-0.05, 0) is 43.2 Å². The summed E-state index contributed by atoms with van der Waals surface area (Å²) in [6.45, 7) is 3.39. The monoisotopic (exact) mass is 294 g/mol. The molecule has 0 fully saturated rings. The SMILES string of the molecule is Cc1cc(N)c(C)c(S(=O)(=O)Nc2ccc(=O)[nH]n2)c1. The molecule has 2 aromatic rings. The van der Waals surface area contributed by atoms with Crippen molar-refractivity contribution in [2.45, 2.75) is 18.7 Å². The number of H-pyrrole nitrogens is 1. The van der Waals surface area contributed by atoms with Gasteiger partial charge in [0.05, 0.1) is 4.90 Å². The molecule has 0 aliphatic carbocycles. The Morgan fingerprint density at radius 1 is 1.25 bits per heavy atom. The predicted octanol–water partition coefficient (Wildman–Crippen LogP) is 0.770. The van der Waals surface area contributed by atoms with Gasteiger partial charge in [0.2, 0.25) is 0 Å². The maximum atomic E-state index is 12.3. The third-order valence-electron chi connectivity index (χ3n) is 2.75. The zero-order chi connectivity index (χ0) is 14.9. The summed E-state index contributed by atoms with van der Waals surface area (Å²) in [4.78, 5) is 11.0. The molecule has 0 saturated heterocycles. The first-order chi connectivity index (χ1) is 9.29. The van der Waals surface area contributed by atoms with E-state index in [-0.39, 0.29) is 10.7 Å². The van der Waals surface area contributed by atoms with Gasteiger partial charge in [-0.2, -0.15) is 5.10 Å². The predicted molar refractivity (Wildman–Crippen MR) is 76.0 cm³/mol. The highest BCUT2D eigenvalue weighted by molar-refractivity contribution is 7.92. The molecule has 1 heterocycles. The van der Waals surface area contributed by atoms with E-state index in [1.54, 1.807) is 19.9 Å². The van der Waals surface area contributed by atoms with Crippen LogP contribution in [-0.2, 0) is 10.0 Å². The molecule has 106 valence electrons. The maximum absolute atomic E-state index is 12.3. The number of hydrogen-bond acceptors (Lipinski definition) is 5. The largest absolute Gasteiger partial charge is 0.398 e. The number of rotatable bonds is 3. The van der Waals surface area contributed by atoms with Crippen LogP contribution in [0, 0.1) is 13.8 Å². The van der Waals surface area contributed by atoms with Crippen LogP contribution in [-0.4, -0.2) is 18.6 Å². The summed E-state index contributed by atoms with van der Waals surface area (Å²) in [5, 5.41) is 5.76. The van der Waals surface area contributed by atoms with Crippen molar-refractivity contribution in [3.05, 3.63) is 45.7 Å². The van der Waals surface area contributed by atoms with Gasteiger partial charge in [0.1, 0.15) is 0 Å². The van der Waals surface area contributed by atoms with Gasteiger partial charge in [0.25, 0.3) is 15.6 Å². The molecule has 0 radical (unpaired) electrons. The maximum Gasteiger partial charge on any atom is 0.264 e. The fraction of sp³-hybridized carbons (Fsp3) is 0.167. The zero-order valence-corrected chi connectivity index (χ0v) is 11.8. The summed E-state index contributed by atoms with van der Waals surface area (Å²) in [7, 11) is -3.82. The lowest BCUT2D eigenvalue weighted by Crippen LogP contribution is -2.18. The van der Waals surface area contributed by atoms with E-state index in [0.717, 1.165) is 5.56 Å². The quantitative estimate of drug-likeness (QED) is 0.723. The standard InChI is InChI=1S/C12H14N4O3S/c1-7-5-9(13)8(2)10(6-7)20(18,19)16-11-3-4-12(17)15-14-11/h3-6H,13H2,1-2H3,(H,14,16)(H,15,17). The van der Waals surface area contributed by atoms with E-state index >= 15 is 0 Å². The van der Waals surface area contributed by atoms with Crippen LogP contribution in [0.4, 0.5) is 11.5 Å². The summed E-state index contributed by atoms with van der Waals surface area (Å²) < 4.78 is 26.9. The lowest BCUT2D eigenvalue weighted by molar-refractivity contribution is 0.600. The van der Waals surface area contributed by atoms with Crippen molar-refractivity contribution >= 4 is 21.5 Å². The van der Waals surface area contributed by atoms with Crippen LogP contribution in [0.25, 0.3) is 0 Å². The Kier molecular flexibility index (Phi) is 3.49. The summed E-state index contributed by atoms with van der Waals surface area (Å²) in [6, 6.07) is 5.69. The van der Waals surface area contributed by atoms with Gasteiger partial charge in [-0.25, -0.2) is 13.5 Å². The van der Waals surface area contributed by atoms with E-state index < -0.39 is 15.6 Å². The summed E-state index contributed by atoms with van der Waals surface area (Å²) in [6.07, 6.45) is 0. The minimum atomic E-state index is -3.82. The van der Waals surface area contributed by atoms with Crippen LogP contribution in [0.2, 0.25) is 0 Å². The molecule has 7 nitrogen and oxygen atoms in total.